The summed E-state index contributed by atoms with van der Waals surface area (Å²) in [6.45, 7) is 2.24. The smallest absolute Gasteiger partial charge is 0.131 e. The van der Waals surface area contributed by atoms with E-state index in [4.69, 9.17) is 18.0 Å². The van der Waals surface area contributed by atoms with Gasteiger partial charge in [0.2, 0.25) is 0 Å². The first kappa shape index (κ1) is 16.8. The second-order valence-electron chi connectivity index (χ2n) is 2.94. The largest absolute Gasteiger partial charge is 0.385 e. The maximum atomic E-state index is 5.35. The van der Waals surface area contributed by atoms with Gasteiger partial charge in [0.15, 0.2) is 0 Å². The van der Waals surface area contributed by atoms with E-state index in [0.29, 0.717) is 4.32 Å². The van der Waals surface area contributed by atoms with Gasteiger partial charge in [-0.25, -0.2) is 0 Å². The van der Waals surface area contributed by atoms with Crippen LogP contribution in [0.1, 0.15) is 45.4 Å². The van der Waals surface area contributed by atoms with Crippen LogP contribution in [0.25, 0.3) is 0 Å². The van der Waals surface area contributed by atoms with Crippen LogP contribution in [0.4, 0.5) is 0 Å². The summed E-state index contributed by atoms with van der Waals surface area (Å²) in [5.74, 6) is 1.10. The zero-order valence-corrected chi connectivity index (χ0v) is 13.7. The van der Waals surface area contributed by atoms with Crippen molar-refractivity contribution in [2.75, 3.05) is 5.75 Å². The van der Waals surface area contributed by atoms with Gasteiger partial charge >= 0.3 is 0 Å². The third-order valence-electron chi connectivity index (χ3n) is 1.74. The van der Waals surface area contributed by atoms with Crippen molar-refractivity contribution in [3.63, 3.8) is 0 Å². The van der Waals surface area contributed by atoms with Crippen LogP contribution in [-0.2, 0) is 0 Å². The minimum atomic E-state index is 0. The number of thiocarbonyl (C=S) groups is 1. The van der Waals surface area contributed by atoms with Crippen molar-refractivity contribution in [1.29, 1.82) is 0 Å². The fraction of sp³-hybridized carbons (Fsp3) is 0.889. The molecule has 1 nitrogen and oxygen atoms in total. The van der Waals surface area contributed by atoms with Gasteiger partial charge in [-0.1, -0.05) is 63.0 Å². The van der Waals surface area contributed by atoms with Crippen LogP contribution < -0.4 is 5.73 Å². The number of rotatable bonds is 7. The van der Waals surface area contributed by atoms with Crippen molar-refractivity contribution < 1.29 is 35.6 Å². The molecule has 0 unspecified atom stereocenters. The Morgan fingerprint density at radius 2 is 1.69 bits per heavy atom. The van der Waals surface area contributed by atoms with Crippen molar-refractivity contribution in [3.05, 3.63) is 0 Å². The minimum Gasteiger partial charge on any atom is -0.385 e. The number of unbranched alkanes of at least 4 members (excludes halogenated alkanes) is 5. The summed E-state index contributed by atoms with van der Waals surface area (Å²) < 4.78 is 0.587. The van der Waals surface area contributed by atoms with E-state index < -0.39 is 0 Å². The molecule has 0 aromatic carbocycles. The van der Waals surface area contributed by atoms with Crippen molar-refractivity contribution in [2.24, 2.45) is 5.73 Å². The molecule has 0 aromatic heterocycles. The standard InChI is InChI=1S/C9H19NS2.La/c1-2-3-4-5-6-7-8-12-9(10)11;/h2-8H2,1H3,(H2,10,11);. The average Bonchev–Trinajstić information content (AvgIpc) is 2.02. The van der Waals surface area contributed by atoms with Crippen LogP contribution in [0.2, 0.25) is 0 Å². The molecule has 13 heavy (non-hydrogen) atoms. The Hall–Kier alpha value is 1.43. The number of thioether (sulfide) groups is 1. The van der Waals surface area contributed by atoms with E-state index in [-0.39, 0.29) is 35.6 Å². The summed E-state index contributed by atoms with van der Waals surface area (Å²) in [6, 6.07) is 0. The van der Waals surface area contributed by atoms with Gasteiger partial charge in [-0.3, -0.25) is 0 Å². The Morgan fingerprint density at radius 1 is 1.15 bits per heavy atom. The van der Waals surface area contributed by atoms with Gasteiger partial charge in [0.25, 0.3) is 0 Å². The molecule has 0 saturated heterocycles. The molecule has 0 fully saturated rings. The molecule has 0 aliphatic heterocycles. The monoisotopic (exact) mass is 344 g/mol. The summed E-state index contributed by atoms with van der Waals surface area (Å²) in [4.78, 5) is 0. The second-order valence-corrected chi connectivity index (χ2v) is 4.77. The van der Waals surface area contributed by atoms with E-state index in [1.165, 1.54) is 38.5 Å². The molecule has 0 aromatic rings. The molecule has 0 saturated carbocycles. The molecule has 75 valence electrons. The van der Waals surface area contributed by atoms with E-state index >= 15 is 0 Å². The SMILES string of the molecule is CCCCCCCCSC(N)=S.[La]. The van der Waals surface area contributed by atoms with Crippen LogP contribution in [0.15, 0.2) is 0 Å². The molecule has 0 spiro atoms. The third-order valence-corrected chi connectivity index (χ3v) is 2.87. The molecule has 1 radical (unpaired) electrons. The average molecular weight is 344 g/mol. The van der Waals surface area contributed by atoms with Gasteiger partial charge in [0.05, 0.1) is 0 Å². The Morgan fingerprint density at radius 3 is 2.23 bits per heavy atom. The van der Waals surface area contributed by atoms with Crippen LogP contribution >= 0.6 is 24.0 Å². The number of hydrogen-bond acceptors (Lipinski definition) is 2. The normalized spacial score (nSPS) is 9.31. The fourth-order valence-electron chi connectivity index (χ4n) is 1.06. The molecule has 0 rings (SSSR count). The fourth-order valence-corrected chi connectivity index (χ4v) is 1.85. The predicted octanol–water partition coefficient (Wildman–Crippen LogP) is 3.32. The zero-order valence-electron chi connectivity index (χ0n) is 8.42. The summed E-state index contributed by atoms with van der Waals surface area (Å²) in [7, 11) is 0. The summed E-state index contributed by atoms with van der Waals surface area (Å²) >= 11 is 6.36. The molecular formula is C9H19LaNS2. The molecule has 2 N–H and O–H groups in total. The predicted molar refractivity (Wildman–Crippen MR) is 62.6 cm³/mol. The molecule has 0 atom stereocenters. The third kappa shape index (κ3) is 16.1. The first-order valence-corrected chi connectivity index (χ1v) is 6.09. The van der Waals surface area contributed by atoms with Crippen molar-refractivity contribution in [1.82, 2.24) is 0 Å². The van der Waals surface area contributed by atoms with Crippen LogP contribution in [0.5, 0.6) is 0 Å². The van der Waals surface area contributed by atoms with Crippen molar-refractivity contribution >= 4 is 28.3 Å². The Balaban J connectivity index is 0. The minimum absolute atomic E-state index is 0. The van der Waals surface area contributed by atoms with Gasteiger partial charge in [-0.05, 0) is 6.42 Å². The summed E-state index contributed by atoms with van der Waals surface area (Å²) in [6.07, 6.45) is 8.03. The zero-order chi connectivity index (χ0) is 9.23. The Bertz CT molecular complexity index is 120. The van der Waals surface area contributed by atoms with E-state index in [0.717, 1.165) is 5.75 Å². The quantitative estimate of drug-likeness (QED) is 0.567. The molecule has 0 aliphatic carbocycles. The summed E-state index contributed by atoms with van der Waals surface area (Å²) in [5, 5.41) is 0. The van der Waals surface area contributed by atoms with Gasteiger partial charge in [-0.15, -0.1) is 0 Å². The molecule has 0 heterocycles. The maximum Gasteiger partial charge on any atom is 0.131 e. The van der Waals surface area contributed by atoms with Gasteiger partial charge in [0, 0.05) is 41.4 Å². The first-order chi connectivity index (χ1) is 5.77. The van der Waals surface area contributed by atoms with E-state index in [2.05, 4.69) is 6.92 Å². The Labute approximate surface area is 120 Å². The molecule has 0 bridgehead atoms. The van der Waals surface area contributed by atoms with Crippen molar-refractivity contribution in [2.45, 2.75) is 45.4 Å². The Kier molecular flexibility index (Phi) is 17.4. The first-order valence-electron chi connectivity index (χ1n) is 4.69. The molecular weight excluding hydrogens is 325 g/mol. The van der Waals surface area contributed by atoms with E-state index in [1.54, 1.807) is 11.8 Å². The van der Waals surface area contributed by atoms with Crippen LogP contribution in [-0.4, -0.2) is 10.1 Å². The van der Waals surface area contributed by atoms with Crippen LogP contribution in [0.3, 0.4) is 0 Å². The van der Waals surface area contributed by atoms with Crippen LogP contribution in [0, 0.1) is 35.6 Å². The van der Waals surface area contributed by atoms with Gasteiger partial charge in [0.1, 0.15) is 4.32 Å². The van der Waals surface area contributed by atoms with E-state index in [1.807, 2.05) is 0 Å². The maximum absolute atomic E-state index is 5.35. The summed E-state index contributed by atoms with van der Waals surface area (Å²) in [5.41, 5.74) is 5.35. The second kappa shape index (κ2) is 13.4. The van der Waals surface area contributed by atoms with Crippen molar-refractivity contribution in [3.8, 4) is 0 Å². The molecule has 0 aliphatic rings. The van der Waals surface area contributed by atoms with Gasteiger partial charge in [-0.2, -0.15) is 0 Å². The number of nitrogens with two attached hydrogens (primary N) is 1. The van der Waals surface area contributed by atoms with Gasteiger partial charge < -0.3 is 5.73 Å². The topological polar surface area (TPSA) is 26.0 Å². The number of hydrogen-bond donors (Lipinski definition) is 1. The van der Waals surface area contributed by atoms with E-state index in [9.17, 15) is 0 Å². The molecule has 0 amide bonds. The molecule has 4 heteroatoms.